The molecular weight excluding hydrogens is 323 g/mol. The molecule has 0 radical (unpaired) electrons. The van der Waals surface area contributed by atoms with E-state index in [0.29, 0.717) is 24.6 Å². The number of carbonyl (C=O) groups excluding carboxylic acids is 1. The van der Waals surface area contributed by atoms with Gasteiger partial charge in [0.25, 0.3) is 5.91 Å². The Hall–Kier alpha value is -2.96. The second-order valence-corrected chi connectivity index (χ2v) is 6.12. The van der Waals surface area contributed by atoms with Gasteiger partial charge in [0.15, 0.2) is 5.69 Å². The van der Waals surface area contributed by atoms with Gasteiger partial charge in [0.1, 0.15) is 11.6 Å². The summed E-state index contributed by atoms with van der Waals surface area (Å²) in [5, 5.41) is 11.1. The van der Waals surface area contributed by atoms with Gasteiger partial charge in [0.05, 0.1) is 11.4 Å². The number of amides is 1. The van der Waals surface area contributed by atoms with E-state index < -0.39 is 0 Å². The van der Waals surface area contributed by atoms with Gasteiger partial charge in [0.2, 0.25) is 0 Å². The van der Waals surface area contributed by atoms with Crippen LogP contribution in [0.15, 0.2) is 47.1 Å². The van der Waals surface area contributed by atoms with E-state index in [1.54, 1.807) is 22.9 Å². The minimum atomic E-state index is -0.281. The molecule has 0 spiro atoms. The van der Waals surface area contributed by atoms with E-state index in [4.69, 9.17) is 4.52 Å². The molecule has 1 N–H and O–H groups in total. The van der Waals surface area contributed by atoms with Crippen LogP contribution in [0.3, 0.4) is 0 Å². The second-order valence-electron chi connectivity index (χ2n) is 6.12. The highest BCUT2D eigenvalue weighted by molar-refractivity contribution is 5.92. The summed E-state index contributed by atoms with van der Waals surface area (Å²) in [5.41, 5.74) is 1.94. The monoisotopic (exact) mass is 340 g/mol. The molecule has 128 valence electrons. The van der Waals surface area contributed by atoms with Gasteiger partial charge in [-0.15, -0.1) is 0 Å². The summed E-state index contributed by atoms with van der Waals surface area (Å²) in [5.74, 6) is 0.706. The molecule has 0 saturated heterocycles. The van der Waals surface area contributed by atoms with Crippen LogP contribution in [0.25, 0.3) is 5.69 Å². The third-order valence-corrected chi connectivity index (χ3v) is 4.14. The first kappa shape index (κ1) is 15.6. The highest BCUT2D eigenvalue weighted by Crippen LogP contribution is 2.40. The Labute approximate surface area is 143 Å². The minimum Gasteiger partial charge on any atom is -0.360 e. The molecule has 7 heteroatoms. The summed E-state index contributed by atoms with van der Waals surface area (Å²) >= 11 is 0. The predicted molar refractivity (Wildman–Crippen MR) is 88.0 cm³/mol. The van der Waals surface area contributed by atoms with E-state index in [1.807, 2.05) is 12.3 Å². The molecule has 2 aromatic heterocycles. The maximum absolute atomic E-state index is 13.0. The maximum Gasteiger partial charge on any atom is 0.273 e. The third kappa shape index (κ3) is 3.60. The van der Waals surface area contributed by atoms with E-state index in [9.17, 15) is 9.18 Å². The zero-order chi connectivity index (χ0) is 17.2. The number of nitrogens with one attached hydrogen (secondary N) is 1. The molecule has 6 nitrogen and oxygen atoms in total. The van der Waals surface area contributed by atoms with Gasteiger partial charge >= 0.3 is 0 Å². The normalized spacial score (nSPS) is 13.8. The first-order valence-electron chi connectivity index (χ1n) is 8.24. The van der Waals surface area contributed by atoms with Crippen LogP contribution in [0.1, 0.15) is 40.7 Å². The average molecular weight is 340 g/mol. The molecule has 1 amide bonds. The lowest BCUT2D eigenvalue weighted by Crippen LogP contribution is -2.26. The summed E-state index contributed by atoms with van der Waals surface area (Å²) in [7, 11) is 0. The zero-order valence-corrected chi connectivity index (χ0v) is 13.5. The van der Waals surface area contributed by atoms with Gasteiger partial charge < -0.3 is 9.84 Å². The Morgan fingerprint density at radius 3 is 2.84 bits per heavy atom. The van der Waals surface area contributed by atoms with Crippen LogP contribution in [-0.2, 0) is 6.42 Å². The summed E-state index contributed by atoms with van der Waals surface area (Å²) in [6, 6.07) is 9.70. The van der Waals surface area contributed by atoms with Gasteiger partial charge in [-0.25, -0.2) is 9.07 Å². The molecule has 0 aliphatic heterocycles. The standard InChI is InChI=1S/C18H17FN4O2/c19-13-3-5-15(6-4-13)23-10-8-14(21-23)7-9-20-18(24)16-11-17(25-22-16)12-1-2-12/h3-6,8,10-12H,1-2,7,9H2,(H,20,24). The summed E-state index contributed by atoms with van der Waals surface area (Å²) in [6.07, 6.45) is 4.61. The highest BCUT2D eigenvalue weighted by Gasteiger charge is 2.28. The fourth-order valence-electron chi connectivity index (χ4n) is 2.58. The fourth-order valence-corrected chi connectivity index (χ4v) is 2.58. The van der Waals surface area contributed by atoms with Crippen LogP contribution in [0.5, 0.6) is 0 Å². The molecule has 25 heavy (non-hydrogen) atoms. The molecular formula is C18H17FN4O2. The molecule has 0 atom stereocenters. The average Bonchev–Trinajstić information content (AvgIpc) is 3.16. The molecule has 1 aliphatic carbocycles. The van der Waals surface area contributed by atoms with E-state index in [2.05, 4.69) is 15.6 Å². The number of carbonyl (C=O) groups is 1. The van der Waals surface area contributed by atoms with E-state index in [0.717, 1.165) is 30.0 Å². The Kier molecular flexibility index (Phi) is 4.05. The lowest BCUT2D eigenvalue weighted by molar-refractivity contribution is 0.0945. The topological polar surface area (TPSA) is 73.0 Å². The quantitative estimate of drug-likeness (QED) is 0.749. The largest absolute Gasteiger partial charge is 0.360 e. The number of benzene rings is 1. The first-order valence-corrected chi connectivity index (χ1v) is 8.24. The first-order chi connectivity index (χ1) is 12.2. The molecule has 1 aromatic carbocycles. The number of hydrogen-bond donors (Lipinski definition) is 1. The zero-order valence-electron chi connectivity index (χ0n) is 13.5. The van der Waals surface area contributed by atoms with Gasteiger partial charge in [-0.05, 0) is 43.2 Å². The van der Waals surface area contributed by atoms with Crippen LogP contribution in [0.4, 0.5) is 4.39 Å². The molecule has 1 fully saturated rings. The van der Waals surface area contributed by atoms with Crippen molar-refractivity contribution in [2.75, 3.05) is 6.54 Å². The van der Waals surface area contributed by atoms with Crippen LogP contribution in [-0.4, -0.2) is 27.4 Å². The van der Waals surface area contributed by atoms with Crippen molar-refractivity contribution in [2.45, 2.75) is 25.2 Å². The van der Waals surface area contributed by atoms with Gasteiger partial charge in [-0.1, -0.05) is 5.16 Å². The molecule has 0 bridgehead atoms. The molecule has 2 heterocycles. The van der Waals surface area contributed by atoms with Crippen LogP contribution in [0, 0.1) is 5.82 Å². The Bertz CT molecular complexity index is 881. The van der Waals surface area contributed by atoms with E-state index >= 15 is 0 Å². The maximum atomic E-state index is 13.0. The summed E-state index contributed by atoms with van der Waals surface area (Å²) in [6.45, 7) is 0.449. The fraction of sp³-hybridized carbons (Fsp3) is 0.278. The van der Waals surface area contributed by atoms with Crippen molar-refractivity contribution in [1.29, 1.82) is 0 Å². The lowest BCUT2D eigenvalue weighted by atomic mass is 10.2. The number of halogens is 1. The number of hydrogen-bond acceptors (Lipinski definition) is 4. The summed E-state index contributed by atoms with van der Waals surface area (Å²) in [4.78, 5) is 12.1. The number of aromatic nitrogens is 3. The van der Waals surface area contributed by atoms with Crippen molar-refractivity contribution in [3.05, 3.63) is 65.6 Å². The Morgan fingerprint density at radius 1 is 1.28 bits per heavy atom. The van der Waals surface area contributed by atoms with Crippen molar-refractivity contribution in [2.24, 2.45) is 0 Å². The van der Waals surface area contributed by atoms with Crippen molar-refractivity contribution in [3.63, 3.8) is 0 Å². The SMILES string of the molecule is O=C(NCCc1ccn(-c2ccc(F)cc2)n1)c1cc(C2CC2)on1. The van der Waals surface area contributed by atoms with Crippen LogP contribution >= 0.6 is 0 Å². The van der Waals surface area contributed by atoms with Gasteiger partial charge in [-0.2, -0.15) is 5.10 Å². The highest BCUT2D eigenvalue weighted by atomic mass is 19.1. The minimum absolute atomic E-state index is 0.242. The number of rotatable bonds is 6. The Morgan fingerprint density at radius 2 is 2.08 bits per heavy atom. The number of nitrogens with zero attached hydrogens (tertiary/aromatic N) is 3. The van der Waals surface area contributed by atoms with Crippen LogP contribution < -0.4 is 5.32 Å². The predicted octanol–water partition coefficient (Wildman–Crippen LogP) is 2.85. The van der Waals surface area contributed by atoms with E-state index in [1.165, 1.54) is 12.1 Å². The van der Waals surface area contributed by atoms with Crippen LogP contribution in [0.2, 0.25) is 0 Å². The van der Waals surface area contributed by atoms with Crippen molar-refractivity contribution < 1.29 is 13.7 Å². The van der Waals surface area contributed by atoms with E-state index in [-0.39, 0.29) is 11.7 Å². The lowest BCUT2D eigenvalue weighted by Gasteiger charge is -2.02. The van der Waals surface area contributed by atoms with Crippen molar-refractivity contribution in [3.8, 4) is 5.69 Å². The third-order valence-electron chi connectivity index (χ3n) is 4.14. The summed E-state index contributed by atoms with van der Waals surface area (Å²) < 4.78 is 19.8. The van der Waals surface area contributed by atoms with Gasteiger partial charge in [-0.3, -0.25) is 4.79 Å². The van der Waals surface area contributed by atoms with Crippen molar-refractivity contribution >= 4 is 5.91 Å². The molecule has 1 saturated carbocycles. The smallest absolute Gasteiger partial charge is 0.273 e. The molecule has 0 unspecified atom stereocenters. The van der Waals surface area contributed by atoms with Crippen molar-refractivity contribution in [1.82, 2.24) is 20.3 Å². The van der Waals surface area contributed by atoms with Gasteiger partial charge in [0, 0.05) is 31.1 Å². The molecule has 1 aliphatic rings. The molecule has 3 aromatic rings. The second kappa shape index (κ2) is 6.51. The molecule has 4 rings (SSSR count). The Balaban J connectivity index is 1.30.